The third kappa shape index (κ3) is 6.09. The summed E-state index contributed by atoms with van der Waals surface area (Å²) in [5.41, 5.74) is 3.56. The Kier molecular flexibility index (Phi) is 7.84. The summed E-state index contributed by atoms with van der Waals surface area (Å²) in [7, 11) is 3.74. The van der Waals surface area contributed by atoms with E-state index in [1.165, 1.54) is 22.6 Å². The number of guanidine groups is 1. The number of aliphatic imine (C=N–C) groups is 1. The van der Waals surface area contributed by atoms with E-state index in [1.807, 2.05) is 36.2 Å². The molecule has 0 aliphatic carbocycles. The number of carbonyl (C=O) groups is 1. The van der Waals surface area contributed by atoms with Crippen molar-refractivity contribution < 1.29 is 4.79 Å². The summed E-state index contributed by atoms with van der Waals surface area (Å²) < 4.78 is 1.93. The van der Waals surface area contributed by atoms with Crippen molar-refractivity contribution in [2.45, 2.75) is 39.7 Å². The van der Waals surface area contributed by atoms with E-state index < -0.39 is 0 Å². The van der Waals surface area contributed by atoms with E-state index >= 15 is 0 Å². The van der Waals surface area contributed by atoms with E-state index in [0.717, 1.165) is 35.9 Å². The Labute approximate surface area is 165 Å². The Morgan fingerprint density at radius 3 is 2.67 bits per heavy atom. The van der Waals surface area contributed by atoms with Crippen molar-refractivity contribution >= 4 is 23.2 Å². The lowest BCUT2D eigenvalue weighted by Gasteiger charge is -2.18. The molecule has 0 fully saturated rings. The molecule has 2 heterocycles. The highest BCUT2D eigenvalue weighted by Gasteiger charge is 2.14. The summed E-state index contributed by atoms with van der Waals surface area (Å²) in [4.78, 5) is 16.9. The monoisotopic (exact) mass is 390 g/mol. The van der Waals surface area contributed by atoms with Gasteiger partial charge in [0.1, 0.15) is 0 Å². The maximum atomic E-state index is 11.9. The summed E-state index contributed by atoms with van der Waals surface area (Å²) in [6.45, 7) is 7.65. The molecule has 0 saturated carbocycles. The van der Waals surface area contributed by atoms with Crippen LogP contribution in [-0.4, -0.2) is 47.8 Å². The van der Waals surface area contributed by atoms with Crippen molar-refractivity contribution in [1.82, 2.24) is 25.7 Å². The molecule has 3 N–H and O–H groups in total. The molecule has 0 saturated heterocycles. The zero-order valence-electron chi connectivity index (χ0n) is 16.8. The molecule has 0 radical (unpaired) electrons. The van der Waals surface area contributed by atoms with Crippen LogP contribution in [0.3, 0.4) is 0 Å². The number of amides is 1. The van der Waals surface area contributed by atoms with Crippen molar-refractivity contribution in [3.8, 4) is 0 Å². The first-order valence-corrected chi connectivity index (χ1v) is 10.1. The van der Waals surface area contributed by atoms with Gasteiger partial charge in [-0.3, -0.25) is 14.5 Å². The molecule has 1 atom stereocenters. The van der Waals surface area contributed by atoms with Crippen LogP contribution >= 0.6 is 11.3 Å². The zero-order chi connectivity index (χ0) is 19.8. The average molecular weight is 391 g/mol. The van der Waals surface area contributed by atoms with Crippen molar-refractivity contribution in [1.29, 1.82) is 0 Å². The van der Waals surface area contributed by atoms with Crippen molar-refractivity contribution in [2.24, 2.45) is 12.0 Å². The van der Waals surface area contributed by atoms with Crippen LogP contribution in [0.2, 0.25) is 0 Å². The first-order valence-electron chi connectivity index (χ1n) is 9.20. The molecule has 0 spiro atoms. The van der Waals surface area contributed by atoms with Crippen LogP contribution in [0, 0.1) is 13.8 Å². The molecular weight excluding hydrogens is 360 g/mol. The maximum Gasteiger partial charge on any atom is 0.261 e. The van der Waals surface area contributed by atoms with Gasteiger partial charge in [0, 0.05) is 38.9 Å². The lowest BCUT2D eigenvalue weighted by Crippen LogP contribution is -2.43. The zero-order valence-corrected chi connectivity index (χ0v) is 17.6. The highest BCUT2D eigenvalue weighted by molar-refractivity contribution is 7.12. The molecule has 27 heavy (non-hydrogen) atoms. The number of carbonyl (C=O) groups excluding carboxylic acids is 1. The summed E-state index contributed by atoms with van der Waals surface area (Å²) in [5.74, 6) is 0.759. The van der Waals surface area contributed by atoms with E-state index in [2.05, 4.69) is 39.9 Å². The molecule has 0 bridgehead atoms. The normalized spacial score (nSPS) is 12.7. The molecule has 0 aromatic carbocycles. The van der Waals surface area contributed by atoms with Crippen LogP contribution in [-0.2, 0) is 13.5 Å². The summed E-state index contributed by atoms with van der Waals surface area (Å²) in [5, 5.41) is 16.0. The predicted octanol–water partition coefficient (Wildman–Crippen LogP) is 2.01. The fraction of sp³-hybridized carbons (Fsp3) is 0.526. The number of aromatic nitrogens is 2. The Hall–Kier alpha value is -2.35. The smallest absolute Gasteiger partial charge is 0.261 e. The fourth-order valence-corrected chi connectivity index (χ4v) is 3.53. The summed E-state index contributed by atoms with van der Waals surface area (Å²) >= 11 is 1.45. The standard InChI is InChI=1S/C19H30N6OS/c1-13(12-16-14(2)24-25(5)15(16)3)23-19(20-4)22-10-7-9-21-18(26)17-8-6-11-27-17/h6,8,11,13H,7,9-10,12H2,1-5H3,(H,21,26)(H2,20,22,23). The van der Waals surface area contributed by atoms with Gasteiger partial charge in [0.15, 0.2) is 5.96 Å². The number of thiophene rings is 1. The molecule has 1 amide bonds. The second-order valence-electron chi connectivity index (χ2n) is 6.61. The van der Waals surface area contributed by atoms with Crippen molar-refractivity contribution in [3.63, 3.8) is 0 Å². The molecule has 148 valence electrons. The number of aryl methyl sites for hydroxylation is 2. The molecule has 2 aromatic rings. The Morgan fingerprint density at radius 1 is 1.33 bits per heavy atom. The second kappa shape index (κ2) is 10.1. The van der Waals surface area contributed by atoms with Gasteiger partial charge >= 0.3 is 0 Å². The molecule has 0 aliphatic rings. The van der Waals surface area contributed by atoms with Gasteiger partial charge in [-0.2, -0.15) is 5.10 Å². The Morgan fingerprint density at radius 2 is 2.07 bits per heavy atom. The molecule has 1 unspecified atom stereocenters. The van der Waals surface area contributed by atoms with Crippen LogP contribution < -0.4 is 16.0 Å². The first-order chi connectivity index (χ1) is 12.9. The molecule has 7 nitrogen and oxygen atoms in total. The van der Waals surface area contributed by atoms with Gasteiger partial charge in [-0.25, -0.2) is 0 Å². The van der Waals surface area contributed by atoms with Crippen LogP contribution in [0.5, 0.6) is 0 Å². The minimum absolute atomic E-state index is 0.0108. The van der Waals surface area contributed by atoms with Crippen LogP contribution in [0.4, 0.5) is 0 Å². The molecule has 8 heteroatoms. The number of nitrogens with zero attached hydrogens (tertiary/aromatic N) is 3. The van der Waals surface area contributed by atoms with Crippen LogP contribution in [0.25, 0.3) is 0 Å². The predicted molar refractivity (Wildman–Crippen MR) is 112 cm³/mol. The Balaban J connectivity index is 1.70. The van der Waals surface area contributed by atoms with E-state index in [1.54, 1.807) is 7.05 Å². The van der Waals surface area contributed by atoms with Gasteiger partial charge in [-0.1, -0.05) is 6.07 Å². The van der Waals surface area contributed by atoms with E-state index in [-0.39, 0.29) is 11.9 Å². The Bertz CT molecular complexity index is 766. The lowest BCUT2D eigenvalue weighted by atomic mass is 10.1. The topological polar surface area (TPSA) is 83.3 Å². The molecule has 2 rings (SSSR count). The number of nitrogens with one attached hydrogen (secondary N) is 3. The minimum Gasteiger partial charge on any atom is -0.356 e. The van der Waals surface area contributed by atoms with E-state index in [0.29, 0.717) is 6.54 Å². The van der Waals surface area contributed by atoms with Crippen LogP contribution in [0.1, 0.15) is 40.0 Å². The third-order valence-corrected chi connectivity index (χ3v) is 5.32. The van der Waals surface area contributed by atoms with Gasteiger partial charge in [0.25, 0.3) is 5.91 Å². The average Bonchev–Trinajstić information content (AvgIpc) is 3.25. The van der Waals surface area contributed by atoms with E-state index in [4.69, 9.17) is 0 Å². The molecule has 2 aromatic heterocycles. The number of rotatable bonds is 8. The molecule has 0 aliphatic heterocycles. The largest absolute Gasteiger partial charge is 0.356 e. The first kappa shape index (κ1) is 21.0. The fourth-order valence-electron chi connectivity index (χ4n) is 2.89. The highest BCUT2D eigenvalue weighted by atomic mass is 32.1. The van der Waals surface area contributed by atoms with E-state index in [9.17, 15) is 4.79 Å². The second-order valence-corrected chi connectivity index (χ2v) is 7.56. The van der Waals surface area contributed by atoms with Crippen LogP contribution in [0.15, 0.2) is 22.5 Å². The summed E-state index contributed by atoms with van der Waals surface area (Å²) in [6.07, 6.45) is 1.72. The lowest BCUT2D eigenvalue weighted by molar-refractivity contribution is 0.0957. The van der Waals surface area contributed by atoms with Gasteiger partial charge in [0.2, 0.25) is 0 Å². The van der Waals surface area contributed by atoms with Crippen molar-refractivity contribution in [3.05, 3.63) is 39.3 Å². The van der Waals surface area contributed by atoms with Gasteiger partial charge in [-0.05, 0) is 50.6 Å². The molecular formula is C19H30N6OS. The SMILES string of the molecule is CN=C(NCCCNC(=O)c1cccs1)NC(C)Cc1c(C)nn(C)c1C. The van der Waals surface area contributed by atoms with Gasteiger partial charge in [-0.15, -0.1) is 11.3 Å². The third-order valence-electron chi connectivity index (χ3n) is 4.45. The maximum absolute atomic E-state index is 11.9. The van der Waals surface area contributed by atoms with Gasteiger partial charge < -0.3 is 16.0 Å². The minimum atomic E-state index is -0.0108. The van der Waals surface area contributed by atoms with Gasteiger partial charge in [0.05, 0.1) is 10.6 Å². The quantitative estimate of drug-likeness (QED) is 0.366. The van der Waals surface area contributed by atoms with Crippen molar-refractivity contribution in [2.75, 3.05) is 20.1 Å². The number of hydrogen-bond acceptors (Lipinski definition) is 4. The number of hydrogen-bond donors (Lipinski definition) is 3. The highest BCUT2D eigenvalue weighted by Crippen LogP contribution is 2.14. The summed E-state index contributed by atoms with van der Waals surface area (Å²) in [6, 6.07) is 3.94.